The van der Waals surface area contributed by atoms with E-state index in [0.717, 1.165) is 22.1 Å². The number of nitrogens with zero attached hydrogens (tertiary/aromatic N) is 1. The summed E-state index contributed by atoms with van der Waals surface area (Å²) in [5, 5.41) is 13.3. The van der Waals surface area contributed by atoms with E-state index in [0.29, 0.717) is 16.0 Å². The lowest BCUT2D eigenvalue weighted by Crippen LogP contribution is -1.98. The molecule has 0 aliphatic heterocycles. The van der Waals surface area contributed by atoms with Crippen molar-refractivity contribution in [2.24, 2.45) is 0 Å². The van der Waals surface area contributed by atoms with Crippen molar-refractivity contribution >= 4 is 28.1 Å². The number of benzene rings is 2. The molecule has 0 unspecified atom stereocenters. The average molecular weight is 264 g/mol. The lowest BCUT2D eigenvalue weighted by molar-refractivity contribution is -0.383. The molecule has 18 heavy (non-hydrogen) atoms. The Morgan fingerprint density at radius 1 is 1.06 bits per heavy atom. The van der Waals surface area contributed by atoms with E-state index < -0.39 is 0 Å². The lowest BCUT2D eigenvalue weighted by atomic mass is 9.94. The first-order valence-electron chi connectivity index (χ1n) is 5.69. The van der Waals surface area contributed by atoms with E-state index in [-0.39, 0.29) is 10.6 Å². The summed E-state index contributed by atoms with van der Waals surface area (Å²) >= 11 is 6.36. The summed E-state index contributed by atoms with van der Waals surface area (Å²) in [6.45, 7) is 7.49. The van der Waals surface area contributed by atoms with Crippen molar-refractivity contribution in [2.75, 3.05) is 0 Å². The van der Waals surface area contributed by atoms with E-state index in [1.807, 2.05) is 26.8 Å². The van der Waals surface area contributed by atoms with Gasteiger partial charge in [-0.1, -0.05) is 17.7 Å². The Kier molecular flexibility index (Phi) is 3.03. The zero-order valence-electron chi connectivity index (χ0n) is 10.8. The highest BCUT2D eigenvalue weighted by atomic mass is 35.5. The number of fused-ring (bicyclic) bond motifs is 1. The van der Waals surface area contributed by atoms with E-state index in [1.165, 1.54) is 0 Å². The monoisotopic (exact) mass is 263 g/mol. The van der Waals surface area contributed by atoms with Gasteiger partial charge in [-0.25, -0.2) is 0 Å². The lowest BCUT2D eigenvalue weighted by Gasteiger charge is -2.13. The van der Waals surface area contributed by atoms with Crippen molar-refractivity contribution in [3.63, 3.8) is 0 Å². The summed E-state index contributed by atoms with van der Waals surface area (Å²) in [4.78, 5) is 10.9. The van der Waals surface area contributed by atoms with Crippen molar-refractivity contribution in [3.8, 4) is 0 Å². The van der Waals surface area contributed by atoms with Gasteiger partial charge in [-0.05, 0) is 50.5 Å². The Bertz CT molecular complexity index is 678. The van der Waals surface area contributed by atoms with Crippen molar-refractivity contribution in [1.82, 2.24) is 0 Å². The third-order valence-electron chi connectivity index (χ3n) is 3.64. The molecule has 0 spiro atoms. The van der Waals surface area contributed by atoms with E-state index >= 15 is 0 Å². The highest BCUT2D eigenvalue weighted by Gasteiger charge is 2.22. The van der Waals surface area contributed by atoms with Crippen LogP contribution in [0.1, 0.15) is 22.3 Å². The fourth-order valence-electron chi connectivity index (χ4n) is 2.26. The summed E-state index contributed by atoms with van der Waals surface area (Å²) in [6, 6.07) is 3.68. The standard InChI is InChI=1S/C14H14ClNO2/c1-7-5-6-11-12(8(7)2)13(15)9(3)10(4)14(11)16(17)18/h5-6H,1-4H3. The van der Waals surface area contributed by atoms with Crippen molar-refractivity contribution < 1.29 is 4.92 Å². The van der Waals surface area contributed by atoms with E-state index in [1.54, 1.807) is 13.0 Å². The van der Waals surface area contributed by atoms with Crippen LogP contribution in [0.2, 0.25) is 5.02 Å². The molecule has 4 heteroatoms. The Morgan fingerprint density at radius 3 is 2.22 bits per heavy atom. The van der Waals surface area contributed by atoms with Gasteiger partial charge in [-0.2, -0.15) is 0 Å². The maximum atomic E-state index is 11.3. The Balaban J connectivity index is 3.12. The fraction of sp³-hybridized carbons (Fsp3) is 0.286. The van der Waals surface area contributed by atoms with Crippen LogP contribution in [-0.2, 0) is 0 Å². The number of hydrogen-bond donors (Lipinski definition) is 0. The maximum absolute atomic E-state index is 11.3. The number of rotatable bonds is 1. The van der Waals surface area contributed by atoms with Crippen LogP contribution < -0.4 is 0 Å². The fourth-order valence-corrected chi connectivity index (χ4v) is 2.65. The van der Waals surface area contributed by atoms with Crippen LogP contribution >= 0.6 is 11.6 Å². The van der Waals surface area contributed by atoms with Crippen LogP contribution in [0.15, 0.2) is 12.1 Å². The molecule has 0 amide bonds. The van der Waals surface area contributed by atoms with Gasteiger partial charge in [-0.3, -0.25) is 10.1 Å². The van der Waals surface area contributed by atoms with Crippen molar-refractivity contribution in [2.45, 2.75) is 27.7 Å². The third-order valence-corrected chi connectivity index (χ3v) is 4.11. The van der Waals surface area contributed by atoms with Crippen molar-refractivity contribution in [3.05, 3.63) is 49.5 Å². The minimum atomic E-state index is -0.324. The molecule has 2 rings (SSSR count). The van der Waals surface area contributed by atoms with Gasteiger partial charge in [0.15, 0.2) is 0 Å². The quantitative estimate of drug-likeness (QED) is 0.556. The molecule has 2 aromatic rings. The summed E-state index contributed by atoms with van der Waals surface area (Å²) in [7, 11) is 0. The number of halogens is 1. The third kappa shape index (κ3) is 1.66. The minimum absolute atomic E-state index is 0.162. The first-order valence-corrected chi connectivity index (χ1v) is 6.07. The number of aryl methyl sites for hydroxylation is 2. The molecule has 0 aromatic heterocycles. The molecule has 94 valence electrons. The van der Waals surface area contributed by atoms with E-state index in [2.05, 4.69) is 0 Å². The number of nitro groups is 1. The first-order chi connectivity index (χ1) is 8.36. The molecule has 0 aliphatic carbocycles. The van der Waals surface area contributed by atoms with Gasteiger partial charge < -0.3 is 0 Å². The summed E-state index contributed by atoms with van der Waals surface area (Å²) in [6.07, 6.45) is 0. The summed E-state index contributed by atoms with van der Waals surface area (Å²) < 4.78 is 0. The van der Waals surface area contributed by atoms with Crippen molar-refractivity contribution in [1.29, 1.82) is 0 Å². The molecule has 0 N–H and O–H groups in total. The molecule has 3 nitrogen and oxygen atoms in total. The number of nitro benzene ring substituents is 1. The summed E-state index contributed by atoms with van der Waals surface area (Å²) in [5.74, 6) is 0. The van der Waals surface area contributed by atoms with Gasteiger partial charge in [0.05, 0.1) is 15.3 Å². The van der Waals surface area contributed by atoms with Crippen LogP contribution in [-0.4, -0.2) is 4.92 Å². The number of hydrogen-bond acceptors (Lipinski definition) is 2. The molecule has 0 saturated carbocycles. The Labute approximate surface area is 111 Å². The van der Waals surface area contributed by atoms with Gasteiger partial charge in [0, 0.05) is 10.9 Å². The van der Waals surface area contributed by atoms with Crippen LogP contribution in [0, 0.1) is 37.8 Å². The van der Waals surface area contributed by atoms with Gasteiger partial charge in [0.25, 0.3) is 5.69 Å². The maximum Gasteiger partial charge on any atom is 0.280 e. The van der Waals surface area contributed by atoms with Gasteiger partial charge >= 0.3 is 0 Å². The van der Waals surface area contributed by atoms with Crippen LogP contribution in [0.5, 0.6) is 0 Å². The second-order valence-corrected chi connectivity index (χ2v) is 4.98. The topological polar surface area (TPSA) is 43.1 Å². The first kappa shape index (κ1) is 12.8. The molecule has 0 atom stereocenters. The van der Waals surface area contributed by atoms with Gasteiger partial charge in [0.2, 0.25) is 0 Å². The van der Waals surface area contributed by atoms with Crippen LogP contribution in [0.4, 0.5) is 5.69 Å². The molecular formula is C14H14ClNO2. The molecule has 0 aliphatic rings. The molecule has 0 saturated heterocycles. The van der Waals surface area contributed by atoms with E-state index in [4.69, 9.17) is 11.6 Å². The van der Waals surface area contributed by atoms with Crippen LogP contribution in [0.25, 0.3) is 10.8 Å². The van der Waals surface area contributed by atoms with Crippen LogP contribution in [0.3, 0.4) is 0 Å². The molecule has 0 fully saturated rings. The van der Waals surface area contributed by atoms with E-state index in [9.17, 15) is 10.1 Å². The average Bonchev–Trinajstić information content (AvgIpc) is 2.30. The molecule has 0 heterocycles. The molecule has 2 aromatic carbocycles. The molecule has 0 radical (unpaired) electrons. The Morgan fingerprint density at radius 2 is 1.67 bits per heavy atom. The van der Waals surface area contributed by atoms with Gasteiger partial charge in [-0.15, -0.1) is 0 Å². The highest BCUT2D eigenvalue weighted by molar-refractivity contribution is 6.37. The normalized spacial score (nSPS) is 10.9. The smallest absolute Gasteiger partial charge is 0.258 e. The largest absolute Gasteiger partial charge is 0.280 e. The zero-order chi connectivity index (χ0) is 13.6. The molecular weight excluding hydrogens is 250 g/mol. The Hall–Kier alpha value is -1.61. The predicted molar refractivity (Wildman–Crippen MR) is 74.6 cm³/mol. The second kappa shape index (κ2) is 4.25. The molecule has 0 bridgehead atoms. The predicted octanol–water partition coefficient (Wildman–Crippen LogP) is 4.64. The SMILES string of the molecule is Cc1ccc2c([N+](=O)[O-])c(C)c(C)c(Cl)c2c1C. The highest BCUT2D eigenvalue weighted by Crippen LogP contribution is 2.40. The second-order valence-electron chi connectivity index (χ2n) is 4.60. The minimum Gasteiger partial charge on any atom is -0.258 e. The summed E-state index contributed by atoms with van der Waals surface area (Å²) in [5.41, 5.74) is 3.67. The van der Waals surface area contributed by atoms with Gasteiger partial charge in [0.1, 0.15) is 0 Å². The zero-order valence-corrected chi connectivity index (χ0v) is 11.6.